The first kappa shape index (κ1) is 17.4. The molecule has 1 saturated heterocycles. The molecule has 7 nitrogen and oxygen atoms in total. The maximum absolute atomic E-state index is 12.7. The first-order valence-electron chi connectivity index (χ1n) is 8.55. The van der Waals surface area contributed by atoms with Crippen LogP contribution in [0.15, 0.2) is 28.9 Å². The van der Waals surface area contributed by atoms with Gasteiger partial charge in [-0.05, 0) is 59.1 Å². The molecule has 0 bridgehead atoms. The third kappa shape index (κ3) is 3.65. The quantitative estimate of drug-likeness (QED) is 0.825. The predicted octanol–water partition coefficient (Wildman–Crippen LogP) is 3.77. The van der Waals surface area contributed by atoms with Crippen molar-refractivity contribution in [2.45, 2.75) is 58.1 Å². The predicted molar refractivity (Wildman–Crippen MR) is 91.7 cm³/mol. The third-order valence-electron chi connectivity index (χ3n) is 4.30. The SMILES string of the molecule is CC(C)(C)OC(=O)N1CCCCC1(C)c1nnc(-c2cccnc2)o1. The van der Waals surface area contributed by atoms with E-state index >= 15 is 0 Å². The van der Waals surface area contributed by atoms with Gasteiger partial charge in [0, 0.05) is 18.9 Å². The van der Waals surface area contributed by atoms with Crippen LogP contribution < -0.4 is 0 Å². The highest BCUT2D eigenvalue weighted by Crippen LogP contribution is 2.38. The summed E-state index contributed by atoms with van der Waals surface area (Å²) >= 11 is 0. The summed E-state index contributed by atoms with van der Waals surface area (Å²) in [5.41, 5.74) is -0.469. The van der Waals surface area contributed by atoms with Gasteiger partial charge in [0.2, 0.25) is 11.8 Å². The molecular formula is C18H24N4O3. The highest BCUT2D eigenvalue weighted by atomic mass is 16.6. The Morgan fingerprint density at radius 1 is 1.32 bits per heavy atom. The van der Waals surface area contributed by atoms with E-state index in [4.69, 9.17) is 9.15 Å². The molecule has 0 radical (unpaired) electrons. The number of carbonyl (C=O) groups is 1. The van der Waals surface area contributed by atoms with Gasteiger partial charge in [0.15, 0.2) is 0 Å². The second kappa shape index (κ2) is 6.46. The lowest BCUT2D eigenvalue weighted by atomic mass is 9.88. The molecule has 1 aliphatic rings. The second-order valence-electron chi connectivity index (χ2n) is 7.52. The summed E-state index contributed by atoms with van der Waals surface area (Å²) in [5, 5.41) is 8.36. The van der Waals surface area contributed by atoms with E-state index in [1.54, 1.807) is 17.3 Å². The molecule has 2 aromatic rings. The zero-order valence-corrected chi connectivity index (χ0v) is 15.2. The lowest BCUT2D eigenvalue weighted by molar-refractivity contribution is -0.0198. The van der Waals surface area contributed by atoms with E-state index in [1.807, 2.05) is 39.8 Å². The van der Waals surface area contributed by atoms with Crippen molar-refractivity contribution in [1.82, 2.24) is 20.1 Å². The van der Waals surface area contributed by atoms with E-state index in [1.165, 1.54) is 0 Å². The fraction of sp³-hybridized carbons (Fsp3) is 0.556. The number of amides is 1. The fourth-order valence-electron chi connectivity index (χ4n) is 3.00. The fourth-order valence-corrected chi connectivity index (χ4v) is 3.00. The minimum absolute atomic E-state index is 0.351. The normalized spacial score (nSPS) is 21.2. The molecule has 2 aromatic heterocycles. The van der Waals surface area contributed by atoms with E-state index in [-0.39, 0.29) is 6.09 Å². The highest BCUT2D eigenvalue weighted by molar-refractivity contribution is 5.69. The van der Waals surface area contributed by atoms with Crippen molar-refractivity contribution in [2.75, 3.05) is 6.54 Å². The van der Waals surface area contributed by atoms with Crippen LogP contribution in [0.3, 0.4) is 0 Å². The van der Waals surface area contributed by atoms with Gasteiger partial charge >= 0.3 is 6.09 Å². The number of rotatable bonds is 2. The Morgan fingerprint density at radius 3 is 2.80 bits per heavy atom. The van der Waals surface area contributed by atoms with Gasteiger partial charge in [-0.15, -0.1) is 10.2 Å². The van der Waals surface area contributed by atoms with Gasteiger partial charge in [0.25, 0.3) is 0 Å². The molecule has 0 spiro atoms. The van der Waals surface area contributed by atoms with Crippen molar-refractivity contribution in [3.05, 3.63) is 30.4 Å². The Labute approximate surface area is 147 Å². The van der Waals surface area contributed by atoms with Crippen molar-refractivity contribution < 1.29 is 13.9 Å². The first-order chi connectivity index (χ1) is 11.8. The summed E-state index contributed by atoms with van der Waals surface area (Å²) in [6.07, 6.45) is 5.68. The van der Waals surface area contributed by atoms with Gasteiger partial charge in [-0.25, -0.2) is 4.79 Å². The monoisotopic (exact) mass is 344 g/mol. The summed E-state index contributed by atoms with van der Waals surface area (Å²) < 4.78 is 11.5. The Bertz CT molecular complexity index is 738. The van der Waals surface area contributed by atoms with Gasteiger partial charge in [0.05, 0.1) is 5.56 Å². The van der Waals surface area contributed by atoms with Crippen LogP contribution in [-0.4, -0.2) is 38.3 Å². The molecule has 1 aliphatic heterocycles. The maximum Gasteiger partial charge on any atom is 0.411 e. The molecule has 3 heterocycles. The summed E-state index contributed by atoms with van der Waals surface area (Å²) in [6.45, 7) is 8.14. The molecule has 1 amide bonds. The molecule has 1 fully saturated rings. The number of likely N-dealkylation sites (tertiary alicyclic amines) is 1. The van der Waals surface area contributed by atoms with Crippen LogP contribution >= 0.6 is 0 Å². The van der Waals surface area contributed by atoms with Crippen LogP contribution in [0.5, 0.6) is 0 Å². The van der Waals surface area contributed by atoms with Crippen LogP contribution in [0.25, 0.3) is 11.5 Å². The molecule has 7 heteroatoms. The van der Waals surface area contributed by atoms with Gasteiger partial charge < -0.3 is 9.15 Å². The van der Waals surface area contributed by atoms with Crippen molar-refractivity contribution in [3.8, 4) is 11.5 Å². The van der Waals surface area contributed by atoms with Crippen LogP contribution in [0.2, 0.25) is 0 Å². The first-order valence-corrected chi connectivity index (χ1v) is 8.55. The third-order valence-corrected chi connectivity index (χ3v) is 4.30. The summed E-state index contributed by atoms with van der Waals surface area (Å²) in [4.78, 5) is 18.5. The average molecular weight is 344 g/mol. The van der Waals surface area contributed by atoms with Crippen LogP contribution in [0, 0.1) is 0 Å². The summed E-state index contributed by atoms with van der Waals surface area (Å²) in [5.74, 6) is 0.830. The lowest BCUT2D eigenvalue weighted by Crippen LogP contribution is -2.52. The van der Waals surface area contributed by atoms with Crippen molar-refractivity contribution in [1.29, 1.82) is 0 Å². The number of hydrogen-bond acceptors (Lipinski definition) is 6. The van der Waals surface area contributed by atoms with Gasteiger partial charge in [-0.1, -0.05) is 0 Å². The zero-order chi connectivity index (χ0) is 18.1. The summed E-state index contributed by atoms with van der Waals surface area (Å²) in [6, 6.07) is 3.67. The number of hydrogen-bond donors (Lipinski definition) is 0. The number of piperidine rings is 1. The Hall–Kier alpha value is -2.44. The number of aromatic nitrogens is 3. The molecule has 1 atom stereocenters. The van der Waals surface area contributed by atoms with Gasteiger partial charge in [-0.2, -0.15) is 0 Å². The number of carbonyl (C=O) groups excluding carboxylic acids is 1. The van der Waals surface area contributed by atoms with Crippen molar-refractivity contribution in [2.24, 2.45) is 0 Å². The van der Waals surface area contributed by atoms with Crippen LogP contribution in [-0.2, 0) is 10.3 Å². The molecule has 0 aliphatic carbocycles. The molecule has 1 unspecified atom stereocenters. The molecule has 25 heavy (non-hydrogen) atoms. The lowest BCUT2D eigenvalue weighted by Gasteiger charge is -2.42. The van der Waals surface area contributed by atoms with E-state index in [0.29, 0.717) is 18.3 Å². The smallest absolute Gasteiger partial charge is 0.411 e. The molecular weight excluding hydrogens is 320 g/mol. The van der Waals surface area contributed by atoms with E-state index in [9.17, 15) is 4.79 Å². The van der Waals surface area contributed by atoms with Gasteiger partial charge in [0.1, 0.15) is 11.1 Å². The maximum atomic E-state index is 12.7. The highest BCUT2D eigenvalue weighted by Gasteiger charge is 2.45. The van der Waals surface area contributed by atoms with E-state index in [2.05, 4.69) is 15.2 Å². The van der Waals surface area contributed by atoms with E-state index < -0.39 is 11.1 Å². The number of pyridine rings is 1. The Morgan fingerprint density at radius 2 is 2.12 bits per heavy atom. The topological polar surface area (TPSA) is 81.4 Å². The standard InChI is InChI=1S/C18H24N4O3/c1-17(2,3)25-16(23)22-11-6-5-9-18(22,4)15-21-20-14(24-15)13-8-7-10-19-12-13/h7-8,10,12H,5-6,9,11H2,1-4H3. The Balaban J connectivity index is 1.90. The molecule has 0 saturated carbocycles. The molecule has 0 aromatic carbocycles. The van der Waals surface area contributed by atoms with Crippen molar-refractivity contribution >= 4 is 6.09 Å². The second-order valence-corrected chi connectivity index (χ2v) is 7.52. The molecule has 3 rings (SSSR count). The minimum Gasteiger partial charge on any atom is -0.444 e. The van der Waals surface area contributed by atoms with Crippen LogP contribution in [0.4, 0.5) is 4.79 Å². The van der Waals surface area contributed by atoms with Crippen LogP contribution in [0.1, 0.15) is 52.8 Å². The minimum atomic E-state index is -0.673. The van der Waals surface area contributed by atoms with Gasteiger partial charge in [-0.3, -0.25) is 9.88 Å². The van der Waals surface area contributed by atoms with Crippen molar-refractivity contribution in [3.63, 3.8) is 0 Å². The number of ether oxygens (including phenoxy) is 1. The Kier molecular flexibility index (Phi) is 4.49. The largest absolute Gasteiger partial charge is 0.444 e. The zero-order valence-electron chi connectivity index (χ0n) is 15.2. The molecule has 0 N–H and O–H groups in total. The number of nitrogens with zero attached hydrogens (tertiary/aromatic N) is 4. The molecule has 134 valence electrons. The average Bonchev–Trinajstić information content (AvgIpc) is 3.05. The van der Waals surface area contributed by atoms with E-state index in [0.717, 1.165) is 24.8 Å². The summed E-state index contributed by atoms with van der Waals surface area (Å²) in [7, 11) is 0.